The van der Waals surface area contributed by atoms with Crippen LogP contribution < -0.4 is 0 Å². The number of hydrogen-bond donors (Lipinski definition) is 0. The molecule has 0 aliphatic rings. The van der Waals surface area contributed by atoms with Gasteiger partial charge in [-0.05, 0) is 49.6 Å². The van der Waals surface area contributed by atoms with Crippen molar-refractivity contribution in [3.63, 3.8) is 0 Å². The number of halogens is 2. The van der Waals surface area contributed by atoms with Gasteiger partial charge in [0.15, 0.2) is 0 Å². The average molecular weight is 313 g/mol. The van der Waals surface area contributed by atoms with E-state index in [1.807, 2.05) is 30.3 Å². The van der Waals surface area contributed by atoms with Gasteiger partial charge in [0.2, 0.25) is 0 Å². The van der Waals surface area contributed by atoms with Gasteiger partial charge in [-0.25, -0.2) is 4.98 Å². The van der Waals surface area contributed by atoms with Gasteiger partial charge >= 0.3 is 0 Å². The molecule has 0 bridgehead atoms. The predicted molar refractivity (Wildman–Crippen MR) is 65.1 cm³/mol. The third-order valence-electron chi connectivity index (χ3n) is 1.90. The van der Waals surface area contributed by atoms with Crippen LogP contribution in [0.25, 0.3) is 11.1 Å². The SMILES string of the molecule is Brc1ccc(-c2ccccc2)c(Br)n1. The minimum absolute atomic E-state index is 0.837. The first kappa shape index (κ1) is 9.87. The van der Waals surface area contributed by atoms with E-state index in [1.54, 1.807) is 0 Å². The van der Waals surface area contributed by atoms with E-state index in [0.717, 1.165) is 14.8 Å². The van der Waals surface area contributed by atoms with Crippen LogP contribution in [0.2, 0.25) is 0 Å². The maximum atomic E-state index is 4.28. The number of hydrogen-bond acceptors (Lipinski definition) is 1. The zero-order valence-electron chi connectivity index (χ0n) is 7.24. The van der Waals surface area contributed by atoms with Crippen molar-refractivity contribution in [2.75, 3.05) is 0 Å². The Morgan fingerprint density at radius 3 is 2.21 bits per heavy atom. The lowest BCUT2D eigenvalue weighted by molar-refractivity contribution is 1.23. The average Bonchev–Trinajstić information content (AvgIpc) is 2.19. The molecule has 0 unspecified atom stereocenters. The van der Waals surface area contributed by atoms with Crippen molar-refractivity contribution in [1.82, 2.24) is 4.98 Å². The Balaban J connectivity index is 2.53. The smallest absolute Gasteiger partial charge is 0.115 e. The Hall–Kier alpha value is -0.670. The summed E-state index contributed by atoms with van der Waals surface area (Å²) in [5.74, 6) is 0. The quantitative estimate of drug-likeness (QED) is 0.716. The van der Waals surface area contributed by atoms with Crippen molar-refractivity contribution in [2.45, 2.75) is 0 Å². The lowest BCUT2D eigenvalue weighted by atomic mass is 10.1. The van der Waals surface area contributed by atoms with Gasteiger partial charge in [0, 0.05) is 5.56 Å². The van der Waals surface area contributed by atoms with Gasteiger partial charge < -0.3 is 0 Å². The standard InChI is InChI=1S/C11H7Br2N/c12-10-7-6-9(11(13)14-10)8-4-2-1-3-5-8/h1-7H. The number of aromatic nitrogens is 1. The van der Waals surface area contributed by atoms with Crippen molar-refractivity contribution in [3.8, 4) is 11.1 Å². The Bertz CT molecular complexity index is 440. The monoisotopic (exact) mass is 311 g/mol. The summed E-state index contributed by atoms with van der Waals surface area (Å²) < 4.78 is 1.70. The summed E-state index contributed by atoms with van der Waals surface area (Å²) in [6.45, 7) is 0. The second-order valence-electron chi connectivity index (χ2n) is 2.84. The summed E-state index contributed by atoms with van der Waals surface area (Å²) in [5.41, 5.74) is 2.27. The first-order chi connectivity index (χ1) is 6.77. The molecule has 1 nitrogen and oxygen atoms in total. The molecular weight excluding hydrogens is 306 g/mol. The number of benzene rings is 1. The predicted octanol–water partition coefficient (Wildman–Crippen LogP) is 4.27. The van der Waals surface area contributed by atoms with E-state index in [1.165, 1.54) is 5.56 Å². The van der Waals surface area contributed by atoms with E-state index in [4.69, 9.17) is 0 Å². The minimum Gasteiger partial charge on any atom is -0.233 e. The van der Waals surface area contributed by atoms with Crippen LogP contribution in [0.1, 0.15) is 0 Å². The highest BCUT2D eigenvalue weighted by molar-refractivity contribution is 9.11. The maximum Gasteiger partial charge on any atom is 0.115 e. The molecule has 1 aromatic carbocycles. The van der Waals surface area contributed by atoms with E-state index in [9.17, 15) is 0 Å². The van der Waals surface area contributed by atoms with Crippen LogP contribution in [0.3, 0.4) is 0 Å². The highest BCUT2D eigenvalue weighted by Gasteiger charge is 2.03. The van der Waals surface area contributed by atoms with Gasteiger partial charge in [0.25, 0.3) is 0 Å². The fraction of sp³-hybridized carbons (Fsp3) is 0. The van der Waals surface area contributed by atoms with Crippen LogP contribution in [-0.4, -0.2) is 4.98 Å². The van der Waals surface area contributed by atoms with Crippen molar-refractivity contribution < 1.29 is 0 Å². The topological polar surface area (TPSA) is 12.9 Å². The summed E-state index contributed by atoms with van der Waals surface area (Å²) in [6.07, 6.45) is 0. The van der Waals surface area contributed by atoms with Gasteiger partial charge in [-0.1, -0.05) is 30.3 Å². The molecule has 2 rings (SSSR count). The van der Waals surface area contributed by atoms with Crippen molar-refractivity contribution in [2.24, 2.45) is 0 Å². The van der Waals surface area contributed by atoms with Gasteiger partial charge in [-0.2, -0.15) is 0 Å². The fourth-order valence-corrected chi connectivity index (χ4v) is 2.34. The Kier molecular flexibility index (Phi) is 2.99. The Morgan fingerprint density at radius 2 is 1.57 bits per heavy atom. The molecule has 3 heteroatoms. The van der Waals surface area contributed by atoms with Crippen LogP contribution in [0.4, 0.5) is 0 Å². The van der Waals surface area contributed by atoms with Crippen LogP contribution in [0.15, 0.2) is 51.7 Å². The molecule has 0 saturated heterocycles. The number of nitrogens with zero attached hydrogens (tertiary/aromatic N) is 1. The Morgan fingerprint density at radius 1 is 0.857 bits per heavy atom. The third kappa shape index (κ3) is 2.04. The molecule has 0 aliphatic carbocycles. The molecule has 0 amide bonds. The summed E-state index contributed by atoms with van der Waals surface area (Å²) in [6, 6.07) is 14.1. The Labute approximate surface area is 99.4 Å². The molecule has 0 radical (unpaired) electrons. The maximum absolute atomic E-state index is 4.28. The van der Waals surface area contributed by atoms with Crippen LogP contribution in [0.5, 0.6) is 0 Å². The van der Waals surface area contributed by atoms with Crippen molar-refractivity contribution in [1.29, 1.82) is 0 Å². The van der Waals surface area contributed by atoms with Crippen molar-refractivity contribution in [3.05, 3.63) is 51.7 Å². The van der Waals surface area contributed by atoms with E-state index >= 15 is 0 Å². The number of rotatable bonds is 1. The molecule has 1 heterocycles. The molecule has 0 saturated carbocycles. The van der Waals surface area contributed by atoms with Gasteiger partial charge in [0.05, 0.1) is 0 Å². The molecule has 0 atom stereocenters. The van der Waals surface area contributed by atoms with Crippen LogP contribution in [0, 0.1) is 0 Å². The van der Waals surface area contributed by atoms with Gasteiger partial charge in [0.1, 0.15) is 9.21 Å². The summed E-state index contributed by atoms with van der Waals surface area (Å²) in [7, 11) is 0. The molecule has 2 aromatic rings. The second kappa shape index (κ2) is 4.24. The fourth-order valence-electron chi connectivity index (χ4n) is 1.25. The lowest BCUT2D eigenvalue weighted by Crippen LogP contribution is -1.83. The van der Waals surface area contributed by atoms with E-state index in [0.29, 0.717) is 0 Å². The molecule has 0 fully saturated rings. The van der Waals surface area contributed by atoms with Crippen molar-refractivity contribution >= 4 is 31.9 Å². The molecular formula is C11H7Br2N. The largest absolute Gasteiger partial charge is 0.233 e. The molecule has 1 aromatic heterocycles. The highest BCUT2D eigenvalue weighted by atomic mass is 79.9. The molecule has 0 aliphatic heterocycles. The second-order valence-corrected chi connectivity index (χ2v) is 4.40. The van der Waals surface area contributed by atoms with E-state index in [-0.39, 0.29) is 0 Å². The summed E-state index contributed by atoms with van der Waals surface area (Å²) in [5, 5.41) is 0. The minimum atomic E-state index is 0.837. The molecule has 0 spiro atoms. The lowest BCUT2D eigenvalue weighted by Gasteiger charge is -2.03. The summed E-state index contributed by atoms with van der Waals surface area (Å²) in [4.78, 5) is 4.28. The molecule has 70 valence electrons. The first-order valence-corrected chi connectivity index (χ1v) is 5.73. The highest BCUT2D eigenvalue weighted by Crippen LogP contribution is 2.27. The zero-order chi connectivity index (χ0) is 9.97. The van der Waals surface area contributed by atoms with Crippen LogP contribution >= 0.6 is 31.9 Å². The van der Waals surface area contributed by atoms with Gasteiger partial charge in [-0.15, -0.1) is 0 Å². The van der Waals surface area contributed by atoms with Crippen LogP contribution in [-0.2, 0) is 0 Å². The van der Waals surface area contributed by atoms with Gasteiger partial charge in [-0.3, -0.25) is 0 Å². The normalized spacial score (nSPS) is 10.1. The molecule has 14 heavy (non-hydrogen) atoms. The zero-order valence-corrected chi connectivity index (χ0v) is 10.4. The van der Waals surface area contributed by atoms with E-state index < -0.39 is 0 Å². The number of pyridine rings is 1. The summed E-state index contributed by atoms with van der Waals surface area (Å²) >= 11 is 6.77. The third-order valence-corrected chi connectivity index (χ3v) is 2.95. The van der Waals surface area contributed by atoms with E-state index in [2.05, 4.69) is 49.0 Å². The first-order valence-electron chi connectivity index (χ1n) is 4.15. The molecule has 0 N–H and O–H groups in total.